The van der Waals surface area contributed by atoms with Crippen molar-refractivity contribution in [1.29, 1.82) is 0 Å². The van der Waals surface area contributed by atoms with E-state index in [9.17, 15) is 0 Å². The highest BCUT2D eigenvalue weighted by molar-refractivity contribution is 5.62. The molecule has 2 N–H and O–H groups in total. The van der Waals surface area contributed by atoms with E-state index in [2.05, 4.69) is 25.8 Å². The van der Waals surface area contributed by atoms with E-state index >= 15 is 0 Å². The summed E-state index contributed by atoms with van der Waals surface area (Å²) >= 11 is 0. The molecule has 1 rings (SSSR count). The molecule has 0 aromatic heterocycles. The lowest BCUT2D eigenvalue weighted by Crippen LogP contribution is -2.15. The van der Waals surface area contributed by atoms with Crippen LogP contribution in [0.15, 0.2) is 18.2 Å². The minimum absolute atomic E-state index is 0.705. The first-order valence-electron chi connectivity index (χ1n) is 5.42. The normalized spacial score (nSPS) is 10.1. The Morgan fingerprint density at radius 1 is 1.33 bits per heavy atom. The Morgan fingerprint density at radius 3 is 2.67 bits per heavy atom. The van der Waals surface area contributed by atoms with Crippen LogP contribution in [0.3, 0.4) is 0 Å². The average molecular weight is 208 g/mol. The van der Waals surface area contributed by atoms with Gasteiger partial charge in [0.05, 0.1) is 12.3 Å². The molecule has 0 fully saturated rings. The van der Waals surface area contributed by atoms with Crippen LogP contribution in [-0.4, -0.2) is 20.2 Å². The fourth-order valence-corrected chi connectivity index (χ4v) is 1.28. The third kappa shape index (κ3) is 3.05. The second-order valence-corrected chi connectivity index (χ2v) is 3.58. The van der Waals surface area contributed by atoms with Crippen molar-refractivity contribution in [2.24, 2.45) is 0 Å². The van der Waals surface area contributed by atoms with Crippen molar-refractivity contribution in [1.82, 2.24) is 0 Å². The van der Waals surface area contributed by atoms with Gasteiger partial charge >= 0.3 is 0 Å². The summed E-state index contributed by atoms with van der Waals surface area (Å²) in [5, 5.41) is 0. The lowest BCUT2D eigenvalue weighted by molar-refractivity contribution is 0.319. The van der Waals surface area contributed by atoms with Gasteiger partial charge in [-0.25, -0.2) is 0 Å². The number of nitrogens with two attached hydrogens (primary N) is 1. The number of hydrogen-bond acceptors (Lipinski definition) is 3. The fraction of sp³-hybridized carbons (Fsp3) is 0.500. The molecule has 0 amide bonds. The predicted octanol–water partition coefficient (Wildman–Crippen LogP) is 2.51. The first-order valence-corrected chi connectivity index (χ1v) is 5.42. The van der Waals surface area contributed by atoms with Crippen LogP contribution in [0.4, 0.5) is 11.4 Å². The lowest BCUT2D eigenvalue weighted by Gasteiger charge is -2.18. The number of benzene rings is 1. The Kier molecular flexibility index (Phi) is 4.28. The molecule has 3 heteroatoms. The molecular weight excluding hydrogens is 188 g/mol. The van der Waals surface area contributed by atoms with Gasteiger partial charge in [0.15, 0.2) is 0 Å². The van der Waals surface area contributed by atoms with Crippen LogP contribution < -0.4 is 15.4 Å². The maximum absolute atomic E-state index is 5.83. The minimum atomic E-state index is 0.705. The van der Waals surface area contributed by atoms with E-state index in [1.807, 2.05) is 18.2 Å². The molecule has 0 radical (unpaired) electrons. The highest BCUT2D eigenvalue weighted by atomic mass is 16.5. The van der Waals surface area contributed by atoms with Gasteiger partial charge in [0, 0.05) is 25.3 Å². The first kappa shape index (κ1) is 11.7. The van der Waals surface area contributed by atoms with E-state index in [0.29, 0.717) is 12.3 Å². The van der Waals surface area contributed by atoms with Crippen molar-refractivity contribution < 1.29 is 4.74 Å². The Balaban J connectivity index is 2.84. The maximum Gasteiger partial charge on any atom is 0.144 e. The molecule has 0 aliphatic carbocycles. The summed E-state index contributed by atoms with van der Waals surface area (Å²) < 4.78 is 5.57. The van der Waals surface area contributed by atoms with Gasteiger partial charge in [0.2, 0.25) is 0 Å². The molecule has 1 aromatic rings. The van der Waals surface area contributed by atoms with E-state index in [-0.39, 0.29) is 0 Å². The summed E-state index contributed by atoms with van der Waals surface area (Å²) in [5.74, 6) is 0.787. The summed E-state index contributed by atoms with van der Waals surface area (Å²) in [5.41, 5.74) is 7.67. The molecule has 0 saturated heterocycles. The van der Waals surface area contributed by atoms with E-state index in [1.165, 1.54) is 0 Å². The van der Waals surface area contributed by atoms with Crippen molar-refractivity contribution in [3.63, 3.8) is 0 Å². The van der Waals surface area contributed by atoms with E-state index in [1.54, 1.807) is 0 Å². The average Bonchev–Trinajstić information content (AvgIpc) is 2.27. The van der Waals surface area contributed by atoms with Gasteiger partial charge in [-0.15, -0.1) is 0 Å². The van der Waals surface area contributed by atoms with Crippen LogP contribution in [0.25, 0.3) is 0 Å². The molecular formula is C12H20N2O. The number of anilines is 2. The summed E-state index contributed by atoms with van der Waals surface area (Å²) in [7, 11) is 2.05. The zero-order valence-corrected chi connectivity index (χ0v) is 9.79. The molecule has 0 spiro atoms. The fourth-order valence-electron chi connectivity index (χ4n) is 1.28. The molecule has 0 heterocycles. The number of hydrogen-bond donors (Lipinski definition) is 1. The second-order valence-electron chi connectivity index (χ2n) is 3.58. The Bertz CT molecular complexity index is 312. The minimum Gasteiger partial charge on any atom is -0.491 e. The maximum atomic E-state index is 5.83. The first-order chi connectivity index (χ1) is 7.19. The molecule has 15 heavy (non-hydrogen) atoms. The van der Waals surface area contributed by atoms with Gasteiger partial charge in [-0.2, -0.15) is 0 Å². The highest BCUT2D eigenvalue weighted by Crippen LogP contribution is 2.27. The lowest BCUT2D eigenvalue weighted by atomic mass is 10.2. The largest absolute Gasteiger partial charge is 0.491 e. The van der Waals surface area contributed by atoms with Gasteiger partial charge in [-0.3, -0.25) is 0 Å². The monoisotopic (exact) mass is 208 g/mol. The molecule has 84 valence electrons. The molecule has 0 unspecified atom stereocenters. The van der Waals surface area contributed by atoms with E-state index in [0.717, 1.165) is 24.4 Å². The Morgan fingerprint density at radius 2 is 2.07 bits per heavy atom. The summed E-state index contributed by atoms with van der Waals surface area (Å²) in [6.45, 7) is 5.88. The SMILES string of the molecule is CCCOc1cc(N(C)CC)ccc1N. The molecule has 1 aromatic carbocycles. The standard InChI is InChI=1S/C12H20N2O/c1-4-8-15-12-9-10(14(3)5-2)6-7-11(12)13/h6-7,9H,4-5,8,13H2,1-3H3. The molecule has 0 atom stereocenters. The van der Waals surface area contributed by atoms with Gasteiger partial charge in [-0.1, -0.05) is 6.92 Å². The Labute approximate surface area is 91.8 Å². The van der Waals surface area contributed by atoms with Crippen molar-refractivity contribution in [2.75, 3.05) is 30.8 Å². The van der Waals surface area contributed by atoms with Crippen molar-refractivity contribution >= 4 is 11.4 Å². The molecule has 0 saturated carbocycles. The van der Waals surface area contributed by atoms with Crippen LogP contribution >= 0.6 is 0 Å². The van der Waals surface area contributed by atoms with Gasteiger partial charge in [-0.05, 0) is 25.5 Å². The topological polar surface area (TPSA) is 38.5 Å². The summed E-state index contributed by atoms with van der Waals surface area (Å²) in [6.07, 6.45) is 0.993. The predicted molar refractivity (Wildman–Crippen MR) is 65.6 cm³/mol. The van der Waals surface area contributed by atoms with E-state index < -0.39 is 0 Å². The van der Waals surface area contributed by atoms with Crippen LogP contribution in [-0.2, 0) is 0 Å². The zero-order chi connectivity index (χ0) is 11.3. The quantitative estimate of drug-likeness (QED) is 0.756. The van der Waals surface area contributed by atoms with Crippen LogP contribution in [0.1, 0.15) is 20.3 Å². The summed E-state index contributed by atoms with van der Waals surface area (Å²) in [6, 6.07) is 5.90. The highest BCUT2D eigenvalue weighted by Gasteiger charge is 2.04. The third-order valence-corrected chi connectivity index (χ3v) is 2.37. The molecule has 0 aliphatic heterocycles. The smallest absolute Gasteiger partial charge is 0.144 e. The van der Waals surface area contributed by atoms with Crippen molar-refractivity contribution in [3.8, 4) is 5.75 Å². The van der Waals surface area contributed by atoms with Gasteiger partial charge in [0.25, 0.3) is 0 Å². The zero-order valence-electron chi connectivity index (χ0n) is 9.79. The van der Waals surface area contributed by atoms with Crippen LogP contribution in [0.2, 0.25) is 0 Å². The molecule has 0 bridgehead atoms. The van der Waals surface area contributed by atoms with E-state index in [4.69, 9.17) is 10.5 Å². The van der Waals surface area contributed by atoms with Crippen LogP contribution in [0, 0.1) is 0 Å². The van der Waals surface area contributed by atoms with Crippen LogP contribution in [0.5, 0.6) is 5.75 Å². The van der Waals surface area contributed by atoms with Gasteiger partial charge < -0.3 is 15.4 Å². The number of nitrogens with zero attached hydrogens (tertiary/aromatic N) is 1. The van der Waals surface area contributed by atoms with Gasteiger partial charge in [0.1, 0.15) is 5.75 Å². The van der Waals surface area contributed by atoms with Crippen molar-refractivity contribution in [2.45, 2.75) is 20.3 Å². The Hall–Kier alpha value is -1.38. The number of rotatable bonds is 5. The molecule has 3 nitrogen and oxygen atoms in total. The third-order valence-electron chi connectivity index (χ3n) is 2.37. The second kappa shape index (κ2) is 5.49. The van der Waals surface area contributed by atoms with Crippen molar-refractivity contribution in [3.05, 3.63) is 18.2 Å². The number of ether oxygens (including phenoxy) is 1. The number of nitrogen functional groups attached to an aromatic ring is 1. The molecule has 0 aliphatic rings. The summed E-state index contributed by atoms with van der Waals surface area (Å²) in [4.78, 5) is 2.15.